The maximum absolute atomic E-state index is 5.75. The van der Waals surface area contributed by atoms with Crippen molar-refractivity contribution in [2.75, 3.05) is 46.9 Å². The van der Waals surface area contributed by atoms with Crippen LogP contribution in [0.4, 0.5) is 0 Å². The molecule has 0 saturated carbocycles. The Bertz CT molecular complexity index is 388. The van der Waals surface area contributed by atoms with E-state index in [0.717, 1.165) is 36.6 Å². The summed E-state index contributed by atoms with van der Waals surface area (Å²) < 4.78 is 5.16. The topological polar surface area (TPSA) is 54.6 Å². The van der Waals surface area contributed by atoms with Crippen LogP contribution in [0.5, 0.6) is 0 Å². The number of rotatable bonds is 6. The predicted molar refractivity (Wildman–Crippen MR) is 78.4 cm³/mol. The maximum atomic E-state index is 5.75. The molecule has 0 aliphatic carbocycles. The van der Waals surface area contributed by atoms with Crippen LogP contribution in [0.2, 0.25) is 0 Å². The number of piperazine rings is 1. The molecular formula is C13H24N4OS. The average molecular weight is 284 g/mol. The number of hydrogen-bond acceptors (Lipinski definition) is 6. The van der Waals surface area contributed by atoms with E-state index in [2.05, 4.69) is 21.8 Å². The van der Waals surface area contributed by atoms with Gasteiger partial charge in [-0.1, -0.05) is 0 Å². The molecule has 6 heteroatoms. The highest BCUT2D eigenvalue weighted by atomic mass is 32.1. The Kier molecular flexibility index (Phi) is 5.72. The average Bonchev–Trinajstić information content (AvgIpc) is 2.81. The van der Waals surface area contributed by atoms with Gasteiger partial charge in [-0.15, -0.1) is 11.3 Å². The lowest BCUT2D eigenvalue weighted by Crippen LogP contribution is -2.45. The number of hydrogen-bond donors (Lipinski definition) is 1. The summed E-state index contributed by atoms with van der Waals surface area (Å²) in [4.78, 5) is 10.7. The van der Waals surface area contributed by atoms with E-state index in [1.165, 1.54) is 18.1 Å². The summed E-state index contributed by atoms with van der Waals surface area (Å²) in [6.45, 7) is 6.88. The molecule has 0 amide bonds. The lowest BCUT2D eigenvalue weighted by molar-refractivity contribution is 0.155. The van der Waals surface area contributed by atoms with E-state index in [4.69, 9.17) is 10.5 Å². The fourth-order valence-electron chi connectivity index (χ4n) is 2.28. The van der Waals surface area contributed by atoms with Crippen molar-refractivity contribution in [1.29, 1.82) is 0 Å². The Hall–Kier alpha value is -0.530. The van der Waals surface area contributed by atoms with Gasteiger partial charge in [0, 0.05) is 57.7 Å². The van der Waals surface area contributed by atoms with Gasteiger partial charge in [-0.2, -0.15) is 0 Å². The largest absolute Gasteiger partial charge is 0.378 e. The maximum Gasteiger partial charge on any atom is 0.0945 e. The molecule has 1 saturated heterocycles. The monoisotopic (exact) mass is 284 g/mol. The first-order valence-electron chi connectivity index (χ1n) is 6.80. The number of likely N-dealkylation sites (N-methyl/N-ethyl adjacent to an activating group) is 1. The van der Waals surface area contributed by atoms with E-state index in [0.29, 0.717) is 13.2 Å². The molecule has 0 bridgehead atoms. The van der Waals surface area contributed by atoms with Gasteiger partial charge in [0.1, 0.15) is 0 Å². The second-order valence-corrected chi connectivity index (χ2v) is 6.18. The Morgan fingerprint density at radius 2 is 2.05 bits per heavy atom. The van der Waals surface area contributed by atoms with E-state index in [-0.39, 0.29) is 0 Å². The molecule has 1 aliphatic heterocycles. The molecule has 1 fully saturated rings. The van der Waals surface area contributed by atoms with Crippen LogP contribution in [0.15, 0.2) is 0 Å². The van der Waals surface area contributed by atoms with E-state index in [1.807, 2.05) is 0 Å². The zero-order valence-electron chi connectivity index (χ0n) is 11.9. The van der Waals surface area contributed by atoms with Gasteiger partial charge in [-0.05, 0) is 7.05 Å². The molecule has 0 atom stereocenters. The first-order chi connectivity index (χ1) is 9.22. The summed E-state index contributed by atoms with van der Waals surface area (Å²) in [5.41, 5.74) is 6.76. The van der Waals surface area contributed by atoms with Crippen LogP contribution in [0.3, 0.4) is 0 Å². The fourth-order valence-corrected chi connectivity index (χ4v) is 3.22. The third kappa shape index (κ3) is 4.22. The zero-order chi connectivity index (χ0) is 13.7. The van der Waals surface area contributed by atoms with Gasteiger partial charge in [0.15, 0.2) is 0 Å². The molecular weight excluding hydrogens is 260 g/mol. The molecule has 5 nitrogen and oxygen atoms in total. The normalized spacial score (nSPS) is 18.1. The quantitative estimate of drug-likeness (QED) is 0.826. The Morgan fingerprint density at radius 1 is 1.32 bits per heavy atom. The highest BCUT2D eigenvalue weighted by molar-refractivity contribution is 7.11. The smallest absolute Gasteiger partial charge is 0.0945 e. The Morgan fingerprint density at radius 3 is 2.68 bits per heavy atom. The van der Waals surface area contributed by atoms with Crippen molar-refractivity contribution in [3.05, 3.63) is 15.6 Å². The summed E-state index contributed by atoms with van der Waals surface area (Å²) in [7, 11) is 3.88. The van der Waals surface area contributed by atoms with Gasteiger partial charge in [0.2, 0.25) is 0 Å². The number of nitrogens with two attached hydrogens (primary N) is 1. The second-order valence-electron chi connectivity index (χ2n) is 5.01. The molecule has 0 aromatic carbocycles. The molecule has 1 aromatic heterocycles. The highest BCUT2D eigenvalue weighted by Crippen LogP contribution is 2.19. The molecule has 19 heavy (non-hydrogen) atoms. The zero-order valence-corrected chi connectivity index (χ0v) is 12.7. The number of nitrogens with zero attached hydrogens (tertiary/aromatic N) is 3. The first-order valence-corrected chi connectivity index (χ1v) is 7.62. The van der Waals surface area contributed by atoms with Crippen LogP contribution in [0, 0.1) is 0 Å². The summed E-state index contributed by atoms with van der Waals surface area (Å²) in [6, 6.07) is 0. The molecule has 2 rings (SSSR count). The van der Waals surface area contributed by atoms with Crippen molar-refractivity contribution >= 4 is 11.3 Å². The SMILES string of the molecule is COCc1nc(CCN2CCN(C)CC2)sc1CN. The molecule has 2 heterocycles. The van der Waals surface area contributed by atoms with Crippen molar-refractivity contribution in [3.63, 3.8) is 0 Å². The molecule has 1 aliphatic rings. The van der Waals surface area contributed by atoms with Crippen LogP contribution in [0.1, 0.15) is 15.6 Å². The van der Waals surface area contributed by atoms with Crippen molar-refractivity contribution in [2.45, 2.75) is 19.6 Å². The summed E-state index contributed by atoms with van der Waals surface area (Å²) in [6.07, 6.45) is 1.02. The van der Waals surface area contributed by atoms with Gasteiger partial charge in [-0.3, -0.25) is 0 Å². The van der Waals surface area contributed by atoms with Crippen LogP contribution in [-0.2, 0) is 24.3 Å². The van der Waals surface area contributed by atoms with Crippen LogP contribution in [-0.4, -0.2) is 61.7 Å². The second kappa shape index (κ2) is 7.31. The first kappa shape index (κ1) is 14.9. The van der Waals surface area contributed by atoms with Crippen molar-refractivity contribution < 1.29 is 4.74 Å². The highest BCUT2D eigenvalue weighted by Gasteiger charge is 2.15. The summed E-state index contributed by atoms with van der Waals surface area (Å²) >= 11 is 1.74. The molecule has 0 radical (unpaired) electrons. The molecule has 2 N–H and O–H groups in total. The number of aromatic nitrogens is 1. The van der Waals surface area contributed by atoms with Gasteiger partial charge in [0.05, 0.1) is 17.3 Å². The minimum atomic E-state index is 0.560. The molecule has 1 aromatic rings. The number of ether oxygens (including phenoxy) is 1. The van der Waals surface area contributed by atoms with Crippen molar-refractivity contribution in [3.8, 4) is 0 Å². The predicted octanol–water partition coefficient (Wildman–Crippen LogP) is 0.538. The third-order valence-electron chi connectivity index (χ3n) is 3.53. The van der Waals surface area contributed by atoms with Crippen LogP contribution in [0.25, 0.3) is 0 Å². The Balaban J connectivity index is 1.85. The lowest BCUT2D eigenvalue weighted by atomic mass is 10.3. The molecule has 108 valence electrons. The van der Waals surface area contributed by atoms with Gasteiger partial charge in [-0.25, -0.2) is 4.98 Å². The van der Waals surface area contributed by atoms with Crippen LogP contribution < -0.4 is 5.73 Å². The minimum Gasteiger partial charge on any atom is -0.378 e. The standard InChI is InChI=1S/C13H24N4OS/c1-16-5-7-17(8-6-16)4-3-13-15-11(10-18-2)12(9-14)19-13/h3-10,14H2,1-2H3. The van der Waals surface area contributed by atoms with Crippen molar-refractivity contribution in [2.24, 2.45) is 5.73 Å². The fraction of sp³-hybridized carbons (Fsp3) is 0.769. The van der Waals surface area contributed by atoms with Crippen molar-refractivity contribution in [1.82, 2.24) is 14.8 Å². The van der Waals surface area contributed by atoms with E-state index in [1.54, 1.807) is 18.4 Å². The van der Waals surface area contributed by atoms with E-state index < -0.39 is 0 Å². The molecule has 0 unspecified atom stereocenters. The Labute approximate surface area is 119 Å². The van der Waals surface area contributed by atoms with Gasteiger partial charge < -0.3 is 20.3 Å². The van der Waals surface area contributed by atoms with Crippen LogP contribution >= 0.6 is 11.3 Å². The summed E-state index contributed by atoms with van der Waals surface area (Å²) in [5, 5.41) is 1.19. The van der Waals surface area contributed by atoms with E-state index in [9.17, 15) is 0 Å². The number of methoxy groups -OCH3 is 1. The number of thiazole rings is 1. The van der Waals surface area contributed by atoms with Gasteiger partial charge >= 0.3 is 0 Å². The summed E-state index contributed by atoms with van der Waals surface area (Å²) in [5.74, 6) is 0. The minimum absolute atomic E-state index is 0.560. The van der Waals surface area contributed by atoms with Gasteiger partial charge in [0.25, 0.3) is 0 Å². The van der Waals surface area contributed by atoms with E-state index >= 15 is 0 Å². The molecule has 0 spiro atoms. The lowest BCUT2D eigenvalue weighted by Gasteiger charge is -2.32. The third-order valence-corrected chi connectivity index (χ3v) is 4.71.